The second-order valence-corrected chi connectivity index (χ2v) is 3.54. The Labute approximate surface area is 93.5 Å². The third-order valence-corrected chi connectivity index (χ3v) is 2.39. The molecule has 1 heterocycles. The number of hydrogen-bond donors (Lipinski definition) is 0. The minimum Gasteiger partial charge on any atom is -0.351 e. The van der Waals surface area contributed by atoms with Crippen LogP contribution in [0.25, 0.3) is 0 Å². The molecule has 4 nitrogen and oxygen atoms in total. The number of aryl methyl sites for hydroxylation is 1. The molecule has 2 aromatic rings. The first kappa shape index (κ1) is 10.4. The molecular weight excluding hydrogens is 204 g/mol. The van der Waals surface area contributed by atoms with E-state index in [4.69, 9.17) is 4.52 Å². The SMILES string of the molecule is Cc1cnoc1C(=O)N(C)c1ccccc1. The number of carbonyl (C=O) groups excluding carboxylic acids is 1. The van der Waals surface area contributed by atoms with Gasteiger partial charge in [-0.25, -0.2) is 0 Å². The molecule has 16 heavy (non-hydrogen) atoms. The molecule has 0 N–H and O–H groups in total. The Balaban J connectivity index is 2.27. The van der Waals surface area contributed by atoms with Crippen LogP contribution in [0.1, 0.15) is 16.1 Å². The molecule has 0 atom stereocenters. The summed E-state index contributed by atoms with van der Waals surface area (Å²) in [6.45, 7) is 1.79. The van der Waals surface area contributed by atoms with Crippen LogP contribution >= 0.6 is 0 Å². The molecule has 1 aromatic heterocycles. The topological polar surface area (TPSA) is 46.3 Å². The van der Waals surface area contributed by atoms with Gasteiger partial charge in [0.15, 0.2) is 0 Å². The number of rotatable bonds is 2. The third kappa shape index (κ3) is 1.82. The summed E-state index contributed by atoms with van der Waals surface area (Å²) in [7, 11) is 1.71. The van der Waals surface area contributed by atoms with Crippen LogP contribution in [-0.4, -0.2) is 18.1 Å². The average molecular weight is 216 g/mol. The monoisotopic (exact) mass is 216 g/mol. The van der Waals surface area contributed by atoms with Crippen molar-refractivity contribution in [2.24, 2.45) is 0 Å². The van der Waals surface area contributed by atoms with Crippen LogP contribution < -0.4 is 4.90 Å². The Kier molecular flexibility index (Phi) is 2.72. The highest BCUT2D eigenvalue weighted by Crippen LogP contribution is 2.16. The number of aromatic nitrogens is 1. The maximum Gasteiger partial charge on any atom is 0.296 e. The van der Waals surface area contributed by atoms with Gasteiger partial charge >= 0.3 is 0 Å². The highest BCUT2D eigenvalue weighted by molar-refractivity contribution is 6.04. The number of benzene rings is 1. The van der Waals surface area contributed by atoms with E-state index in [0.717, 1.165) is 11.3 Å². The predicted molar refractivity (Wildman–Crippen MR) is 60.4 cm³/mol. The van der Waals surface area contributed by atoms with Crippen molar-refractivity contribution in [1.82, 2.24) is 5.16 Å². The molecule has 0 bridgehead atoms. The van der Waals surface area contributed by atoms with Crippen LogP contribution in [0.15, 0.2) is 41.1 Å². The fourth-order valence-corrected chi connectivity index (χ4v) is 1.42. The van der Waals surface area contributed by atoms with E-state index < -0.39 is 0 Å². The summed E-state index contributed by atoms with van der Waals surface area (Å²) in [6.07, 6.45) is 1.53. The second-order valence-electron chi connectivity index (χ2n) is 3.54. The van der Waals surface area contributed by atoms with Crippen molar-refractivity contribution in [2.45, 2.75) is 6.92 Å². The predicted octanol–water partition coefficient (Wildman–Crippen LogP) is 2.26. The van der Waals surface area contributed by atoms with E-state index >= 15 is 0 Å². The van der Waals surface area contributed by atoms with Crippen LogP contribution in [0.3, 0.4) is 0 Å². The lowest BCUT2D eigenvalue weighted by atomic mass is 10.2. The summed E-state index contributed by atoms with van der Waals surface area (Å²) in [5, 5.41) is 3.60. The van der Waals surface area contributed by atoms with Crippen molar-refractivity contribution in [3.8, 4) is 0 Å². The molecule has 2 rings (SSSR count). The Morgan fingerprint density at radius 3 is 2.56 bits per heavy atom. The third-order valence-electron chi connectivity index (χ3n) is 2.39. The number of carbonyl (C=O) groups is 1. The van der Waals surface area contributed by atoms with Gasteiger partial charge in [0.2, 0.25) is 5.76 Å². The van der Waals surface area contributed by atoms with Crippen molar-refractivity contribution < 1.29 is 9.32 Å². The summed E-state index contributed by atoms with van der Waals surface area (Å²) in [4.78, 5) is 13.6. The zero-order valence-corrected chi connectivity index (χ0v) is 9.18. The second kappa shape index (κ2) is 4.18. The van der Waals surface area contributed by atoms with Crippen LogP contribution in [0, 0.1) is 6.92 Å². The summed E-state index contributed by atoms with van der Waals surface area (Å²) in [5.74, 6) is 0.0903. The van der Waals surface area contributed by atoms with Gasteiger partial charge in [-0.15, -0.1) is 0 Å². The minimum atomic E-state index is -0.193. The first-order chi connectivity index (χ1) is 7.70. The molecule has 1 aromatic carbocycles. The van der Waals surface area contributed by atoms with Crippen LogP contribution in [0.2, 0.25) is 0 Å². The Morgan fingerprint density at radius 2 is 2.00 bits per heavy atom. The normalized spacial score (nSPS) is 10.1. The number of para-hydroxylation sites is 1. The summed E-state index contributed by atoms with van der Waals surface area (Å²) in [6, 6.07) is 9.40. The van der Waals surface area contributed by atoms with Crippen molar-refractivity contribution in [3.63, 3.8) is 0 Å². The van der Waals surface area contributed by atoms with Crippen molar-refractivity contribution in [3.05, 3.63) is 47.9 Å². The van der Waals surface area contributed by atoms with Crippen molar-refractivity contribution in [2.75, 3.05) is 11.9 Å². The van der Waals surface area contributed by atoms with Crippen LogP contribution in [0.5, 0.6) is 0 Å². The van der Waals surface area contributed by atoms with E-state index in [1.54, 1.807) is 14.0 Å². The van der Waals surface area contributed by atoms with Gasteiger partial charge in [0.25, 0.3) is 5.91 Å². The number of anilines is 1. The van der Waals surface area contributed by atoms with Gasteiger partial charge in [0, 0.05) is 18.3 Å². The van der Waals surface area contributed by atoms with Gasteiger partial charge in [0.05, 0.1) is 6.20 Å². The molecule has 0 radical (unpaired) electrons. The fourth-order valence-electron chi connectivity index (χ4n) is 1.42. The van der Waals surface area contributed by atoms with Gasteiger partial charge in [0.1, 0.15) is 0 Å². The summed E-state index contributed by atoms with van der Waals surface area (Å²) >= 11 is 0. The van der Waals surface area contributed by atoms with E-state index in [1.165, 1.54) is 11.1 Å². The molecule has 0 unspecified atom stereocenters. The van der Waals surface area contributed by atoms with Gasteiger partial charge in [-0.2, -0.15) is 0 Å². The van der Waals surface area contributed by atoms with E-state index in [1.807, 2.05) is 30.3 Å². The summed E-state index contributed by atoms with van der Waals surface area (Å²) in [5.41, 5.74) is 1.57. The lowest BCUT2D eigenvalue weighted by molar-refractivity contribution is 0.0956. The van der Waals surface area contributed by atoms with Crippen LogP contribution in [-0.2, 0) is 0 Å². The smallest absolute Gasteiger partial charge is 0.296 e. The Hall–Kier alpha value is -2.10. The average Bonchev–Trinajstić information content (AvgIpc) is 2.75. The number of amides is 1. The van der Waals surface area contributed by atoms with Gasteiger partial charge in [-0.05, 0) is 19.1 Å². The minimum absolute atomic E-state index is 0.193. The van der Waals surface area contributed by atoms with Gasteiger partial charge in [-0.3, -0.25) is 4.79 Å². The zero-order chi connectivity index (χ0) is 11.5. The quantitative estimate of drug-likeness (QED) is 0.773. The number of hydrogen-bond acceptors (Lipinski definition) is 3. The Bertz CT molecular complexity index is 491. The molecule has 0 spiro atoms. The molecule has 0 aliphatic heterocycles. The zero-order valence-electron chi connectivity index (χ0n) is 9.18. The fraction of sp³-hybridized carbons (Fsp3) is 0.167. The highest BCUT2D eigenvalue weighted by atomic mass is 16.5. The molecule has 0 saturated carbocycles. The molecule has 0 aliphatic rings. The lowest BCUT2D eigenvalue weighted by Crippen LogP contribution is -2.26. The molecule has 0 saturated heterocycles. The van der Waals surface area contributed by atoms with E-state index in [0.29, 0.717) is 0 Å². The molecule has 0 aliphatic carbocycles. The largest absolute Gasteiger partial charge is 0.351 e. The van der Waals surface area contributed by atoms with E-state index in [2.05, 4.69) is 5.16 Å². The first-order valence-corrected chi connectivity index (χ1v) is 4.94. The van der Waals surface area contributed by atoms with Crippen molar-refractivity contribution in [1.29, 1.82) is 0 Å². The maximum atomic E-state index is 12.0. The molecule has 82 valence electrons. The number of nitrogens with zero attached hydrogens (tertiary/aromatic N) is 2. The molecule has 1 amide bonds. The van der Waals surface area contributed by atoms with Gasteiger partial charge in [-0.1, -0.05) is 23.4 Å². The maximum absolute atomic E-state index is 12.0. The molecule has 4 heteroatoms. The van der Waals surface area contributed by atoms with E-state index in [-0.39, 0.29) is 11.7 Å². The van der Waals surface area contributed by atoms with Crippen molar-refractivity contribution >= 4 is 11.6 Å². The lowest BCUT2D eigenvalue weighted by Gasteiger charge is -2.15. The first-order valence-electron chi connectivity index (χ1n) is 4.94. The highest BCUT2D eigenvalue weighted by Gasteiger charge is 2.19. The summed E-state index contributed by atoms with van der Waals surface area (Å²) < 4.78 is 4.93. The molecular formula is C12H12N2O2. The van der Waals surface area contributed by atoms with Crippen LogP contribution in [0.4, 0.5) is 5.69 Å². The Morgan fingerprint density at radius 1 is 1.31 bits per heavy atom. The standard InChI is InChI=1S/C12H12N2O2/c1-9-8-13-16-11(9)12(15)14(2)10-6-4-3-5-7-10/h3-8H,1-2H3. The van der Waals surface area contributed by atoms with Gasteiger partial charge < -0.3 is 9.42 Å². The van der Waals surface area contributed by atoms with E-state index in [9.17, 15) is 4.79 Å². The molecule has 0 fully saturated rings.